The molecule has 4 nitrogen and oxygen atoms in total. The van der Waals surface area contributed by atoms with Crippen molar-refractivity contribution >= 4 is 5.97 Å². The Bertz CT molecular complexity index is 467. The van der Waals surface area contributed by atoms with Crippen molar-refractivity contribution in [2.75, 3.05) is 20.3 Å². The quantitative estimate of drug-likeness (QED) is 0.910. The number of hydrogen-bond acceptors (Lipinski definition) is 3. The summed E-state index contributed by atoms with van der Waals surface area (Å²) in [5.74, 6) is -1.17. The molecular formula is C14H17FO4. The van der Waals surface area contributed by atoms with E-state index < -0.39 is 17.2 Å². The Kier molecular flexibility index (Phi) is 4.04. The van der Waals surface area contributed by atoms with E-state index in [1.807, 2.05) is 0 Å². The Balaban J connectivity index is 2.37. The predicted molar refractivity (Wildman–Crippen MR) is 66.9 cm³/mol. The Labute approximate surface area is 111 Å². The highest BCUT2D eigenvalue weighted by molar-refractivity contribution is 5.69. The van der Waals surface area contributed by atoms with Gasteiger partial charge < -0.3 is 14.6 Å². The molecule has 0 amide bonds. The number of carboxylic acid groups (broad SMARTS) is 1. The van der Waals surface area contributed by atoms with Gasteiger partial charge in [-0.1, -0.05) is 6.07 Å². The number of halogens is 1. The summed E-state index contributed by atoms with van der Waals surface area (Å²) in [6.45, 7) is 1.00. The SMILES string of the molecule is COc1ccc(C2(CC(=O)O)CCOCC2)cc1F. The van der Waals surface area contributed by atoms with Gasteiger partial charge in [0.2, 0.25) is 0 Å². The van der Waals surface area contributed by atoms with Gasteiger partial charge in [0.15, 0.2) is 11.6 Å². The lowest BCUT2D eigenvalue weighted by molar-refractivity contribution is -0.139. The molecule has 104 valence electrons. The number of carboxylic acids is 1. The number of hydrogen-bond donors (Lipinski definition) is 1. The van der Waals surface area contributed by atoms with Gasteiger partial charge in [-0.2, -0.15) is 0 Å². The van der Waals surface area contributed by atoms with Gasteiger partial charge in [0.1, 0.15) is 0 Å². The van der Waals surface area contributed by atoms with E-state index >= 15 is 0 Å². The van der Waals surface area contributed by atoms with Crippen LogP contribution in [0.15, 0.2) is 18.2 Å². The molecule has 0 unspecified atom stereocenters. The number of ether oxygens (including phenoxy) is 2. The zero-order valence-corrected chi connectivity index (χ0v) is 10.8. The van der Waals surface area contributed by atoms with Gasteiger partial charge >= 0.3 is 5.97 Å². The van der Waals surface area contributed by atoms with Gasteiger partial charge in [0.25, 0.3) is 0 Å². The maximum Gasteiger partial charge on any atom is 0.304 e. The second-order valence-corrected chi connectivity index (χ2v) is 4.81. The van der Waals surface area contributed by atoms with E-state index in [0.717, 1.165) is 0 Å². The van der Waals surface area contributed by atoms with Crippen LogP contribution in [0, 0.1) is 5.82 Å². The number of methoxy groups -OCH3 is 1. The van der Waals surface area contributed by atoms with Crippen LogP contribution in [0.25, 0.3) is 0 Å². The second kappa shape index (κ2) is 5.57. The van der Waals surface area contributed by atoms with Crippen LogP contribution >= 0.6 is 0 Å². The van der Waals surface area contributed by atoms with E-state index in [-0.39, 0.29) is 12.2 Å². The Morgan fingerprint density at radius 3 is 2.68 bits per heavy atom. The van der Waals surface area contributed by atoms with Crippen LogP contribution in [0.2, 0.25) is 0 Å². The molecule has 0 saturated carbocycles. The average Bonchev–Trinajstić information content (AvgIpc) is 2.39. The first-order valence-electron chi connectivity index (χ1n) is 6.21. The molecule has 0 bridgehead atoms. The molecule has 1 heterocycles. The third-order valence-electron chi connectivity index (χ3n) is 3.70. The number of aliphatic carboxylic acids is 1. The lowest BCUT2D eigenvalue weighted by Crippen LogP contribution is -2.36. The molecule has 0 aliphatic carbocycles. The van der Waals surface area contributed by atoms with Gasteiger partial charge in [-0.15, -0.1) is 0 Å². The van der Waals surface area contributed by atoms with Crippen molar-refractivity contribution in [1.82, 2.24) is 0 Å². The van der Waals surface area contributed by atoms with Crippen LogP contribution in [-0.4, -0.2) is 31.4 Å². The largest absolute Gasteiger partial charge is 0.494 e. The Morgan fingerprint density at radius 1 is 1.47 bits per heavy atom. The highest BCUT2D eigenvalue weighted by Crippen LogP contribution is 2.39. The van der Waals surface area contributed by atoms with Crippen molar-refractivity contribution in [3.63, 3.8) is 0 Å². The highest BCUT2D eigenvalue weighted by atomic mass is 19.1. The first-order valence-corrected chi connectivity index (χ1v) is 6.21. The van der Waals surface area contributed by atoms with Crippen molar-refractivity contribution in [2.24, 2.45) is 0 Å². The molecule has 5 heteroatoms. The first-order chi connectivity index (χ1) is 9.07. The zero-order chi connectivity index (χ0) is 13.9. The third-order valence-corrected chi connectivity index (χ3v) is 3.70. The monoisotopic (exact) mass is 268 g/mol. The summed E-state index contributed by atoms with van der Waals surface area (Å²) in [5, 5.41) is 9.10. The van der Waals surface area contributed by atoms with Crippen molar-refractivity contribution in [1.29, 1.82) is 0 Å². The van der Waals surface area contributed by atoms with Crippen LogP contribution in [0.1, 0.15) is 24.8 Å². The minimum Gasteiger partial charge on any atom is -0.494 e. The van der Waals surface area contributed by atoms with Crippen molar-refractivity contribution in [2.45, 2.75) is 24.7 Å². The molecule has 1 N–H and O–H groups in total. The summed E-state index contributed by atoms with van der Waals surface area (Å²) in [5.41, 5.74) is 0.161. The van der Waals surface area contributed by atoms with Crippen LogP contribution in [0.5, 0.6) is 5.75 Å². The predicted octanol–water partition coefficient (Wildman–Crippen LogP) is 2.36. The molecule has 19 heavy (non-hydrogen) atoms. The van der Waals surface area contributed by atoms with Gasteiger partial charge in [-0.05, 0) is 30.5 Å². The Morgan fingerprint density at radius 2 is 2.16 bits per heavy atom. The van der Waals surface area contributed by atoms with E-state index in [9.17, 15) is 9.18 Å². The number of benzene rings is 1. The van der Waals surface area contributed by atoms with Crippen LogP contribution < -0.4 is 4.74 Å². The van der Waals surface area contributed by atoms with Gasteiger partial charge in [-0.25, -0.2) is 4.39 Å². The molecule has 1 aromatic rings. The van der Waals surface area contributed by atoms with E-state index in [4.69, 9.17) is 14.6 Å². The molecule has 1 aliphatic rings. The van der Waals surface area contributed by atoms with E-state index in [1.165, 1.54) is 13.2 Å². The second-order valence-electron chi connectivity index (χ2n) is 4.81. The Hall–Kier alpha value is -1.62. The summed E-state index contributed by atoms with van der Waals surface area (Å²) in [7, 11) is 1.40. The molecule has 0 aromatic heterocycles. The molecule has 2 rings (SSSR count). The molecule has 1 aromatic carbocycles. The molecule has 1 fully saturated rings. The fraction of sp³-hybridized carbons (Fsp3) is 0.500. The lowest BCUT2D eigenvalue weighted by atomic mass is 9.72. The summed E-state index contributed by atoms with van der Waals surface area (Å²) in [6, 6.07) is 4.67. The summed E-state index contributed by atoms with van der Waals surface area (Å²) in [6.07, 6.45) is 1.16. The van der Waals surface area contributed by atoms with E-state index in [0.29, 0.717) is 31.6 Å². The van der Waals surface area contributed by atoms with Crippen molar-refractivity contribution in [3.05, 3.63) is 29.6 Å². The molecule has 1 aliphatic heterocycles. The first kappa shape index (κ1) is 13.8. The van der Waals surface area contributed by atoms with Crippen molar-refractivity contribution < 1.29 is 23.8 Å². The topological polar surface area (TPSA) is 55.8 Å². The molecule has 0 spiro atoms. The molecule has 1 saturated heterocycles. The fourth-order valence-electron chi connectivity index (χ4n) is 2.62. The summed E-state index contributed by atoms with van der Waals surface area (Å²) >= 11 is 0. The highest BCUT2D eigenvalue weighted by Gasteiger charge is 2.37. The number of carbonyl (C=O) groups is 1. The summed E-state index contributed by atoms with van der Waals surface area (Å²) in [4.78, 5) is 11.1. The van der Waals surface area contributed by atoms with Crippen molar-refractivity contribution in [3.8, 4) is 5.75 Å². The standard InChI is InChI=1S/C14H17FO4/c1-18-12-3-2-10(8-11(12)15)14(9-13(16)17)4-6-19-7-5-14/h2-3,8H,4-7,9H2,1H3,(H,16,17). The normalized spacial score (nSPS) is 18.0. The maximum atomic E-state index is 13.8. The van der Waals surface area contributed by atoms with E-state index in [2.05, 4.69) is 0 Å². The van der Waals surface area contributed by atoms with Gasteiger partial charge in [0.05, 0.1) is 13.5 Å². The average molecular weight is 268 g/mol. The van der Waals surface area contributed by atoms with E-state index in [1.54, 1.807) is 12.1 Å². The minimum atomic E-state index is -0.877. The van der Waals surface area contributed by atoms with Gasteiger partial charge in [-0.3, -0.25) is 4.79 Å². The fourth-order valence-corrected chi connectivity index (χ4v) is 2.62. The van der Waals surface area contributed by atoms with Gasteiger partial charge in [0, 0.05) is 18.6 Å². The number of rotatable bonds is 4. The third kappa shape index (κ3) is 2.87. The minimum absolute atomic E-state index is 0.0118. The maximum absolute atomic E-state index is 13.8. The molecular weight excluding hydrogens is 251 g/mol. The molecule has 0 atom stereocenters. The zero-order valence-electron chi connectivity index (χ0n) is 10.8. The van der Waals surface area contributed by atoms with Crippen LogP contribution in [-0.2, 0) is 14.9 Å². The van der Waals surface area contributed by atoms with Crippen LogP contribution in [0.3, 0.4) is 0 Å². The summed E-state index contributed by atoms with van der Waals surface area (Å²) < 4.78 is 24.0. The lowest BCUT2D eigenvalue weighted by Gasteiger charge is -2.36. The van der Waals surface area contributed by atoms with Crippen LogP contribution in [0.4, 0.5) is 4.39 Å². The smallest absolute Gasteiger partial charge is 0.304 e. The molecule has 0 radical (unpaired) electrons.